The van der Waals surface area contributed by atoms with Gasteiger partial charge in [-0.1, -0.05) is 12.1 Å². The summed E-state index contributed by atoms with van der Waals surface area (Å²) in [5.41, 5.74) is 2.51. The summed E-state index contributed by atoms with van der Waals surface area (Å²) in [5, 5.41) is 21.5. The number of hydrogen-bond acceptors (Lipinski definition) is 5. The van der Waals surface area contributed by atoms with Gasteiger partial charge < -0.3 is 10.2 Å². The summed E-state index contributed by atoms with van der Waals surface area (Å²) in [6, 6.07) is 13.3. The number of hydrogen-bond donors (Lipinski definition) is 1. The van der Waals surface area contributed by atoms with Crippen molar-refractivity contribution in [3.05, 3.63) is 53.2 Å². The number of nitriles is 2. The fraction of sp³-hybridized carbons (Fsp3) is 0.278. The SMILES string of the molecule is CCN(CC)c1ccc(CNc2c(C#N)cccc2C#N)cn1. The number of aromatic nitrogens is 1. The van der Waals surface area contributed by atoms with Crippen LogP contribution in [0.15, 0.2) is 36.5 Å². The van der Waals surface area contributed by atoms with E-state index in [2.05, 4.69) is 41.2 Å². The van der Waals surface area contributed by atoms with Crippen molar-refractivity contribution >= 4 is 11.5 Å². The maximum absolute atomic E-state index is 9.17. The Morgan fingerprint density at radius 2 is 1.70 bits per heavy atom. The molecule has 0 aliphatic carbocycles. The summed E-state index contributed by atoms with van der Waals surface area (Å²) < 4.78 is 0. The van der Waals surface area contributed by atoms with Crippen molar-refractivity contribution in [3.8, 4) is 12.1 Å². The van der Waals surface area contributed by atoms with Gasteiger partial charge in [0.15, 0.2) is 0 Å². The molecule has 1 aromatic heterocycles. The second-order valence-corrected chi connectivity index (χ2v) is 5.00. The predicted molar refractivity (Wildman–Crippen MR) is 91.0 cm³/mol. The molecule has 0 fully saturated rings. The topological polar surface area (TPSA) is 75.7 Å². The third kappa shape index (κ3) is 3.78. The lowest BCUT2D eigenvalue weighted by Gasteiger charge is -2.19. The molecule has 0 aliphatic rings. The zero-order valence-electron chi connectivity index (χ0n) is 13.4. The normalized spacial score (nSPS) is 9.74. The highest BCUT2D eigenvalue weighted by Crippen LogP contribution is 2.21. The number of benzene rings is 1. The monoisotopic (exact) mass is 305 g/mol. The molecular weight excluding hydrogens is 286 g/mol. The number of nitrogens with one attached hydrogen (secondary N) is 1. The van der Waals surface area contributed by atoms with E-state index in [0.29, 0.717) is 23.4 Å². The first-order valence-corrected chi connectivity index (χ1v) is 7.60. The van der Waals surface area contributed by atoms with Crippen molar-refractivity contribution in [2.45, 2.75) is 20.4 Å². The highest BCUT2D eigenvalue weighted by atomic mass is 15.2. The maximum atomic E-state index is 9.17. The van der Waals surface area contributed by atoms with Crippen LogP contribution in [0.25, 0.3) is 0 Å². The van der Waals surface area contributed by atoms with Gasteiger partial charge >= 0.3 is 0 Å². The van der Waals surface area contributed by atoms with E-state index < -0.39 is 0 Å². The van der Waals surface area contributed by atoms with Gasteiger partial charge in [0.25, 0.3) is 0 Å². The van der Waals surface area contributed by atoms with Gasteiger partial charge in [-0.05, 0) is 37.6 Å². The van der Waals surface area contributed by atoms with Crippen LogP contribution in [0.1, 0.15) is 30.5 Å². The molecule has 0 saturated heterocycles. The highest BCUT2D eigenvalue weighted by molar-refractivity contribution is 5.66. The van der Waals surface area contributed by atoms with Crippen LogP contribution in [0.2, 0.25) is 0 Å². The average Bonchev–Trinajstić information content (AvgIpc) is 2.61. The summed E-state index contributed by atoms with van der Waals surface area (Å²) in [6.45, 7) is 6.55. The van der Waals surface area contributed by atoms with Crippen LogP contribution in [-0.4, -0.2) is 18.1 Å². The molecule has 5 heteroatoms. The Morgan fingerprint density at radius 3 is 2.17 bits per heavy atom. The molecule has 23 heavy (non-hydrogen) atoms. The Kier molecular flexibility index (Phi) is 5.55. The molecular formula is C18H19N5. The van der Waals surface area contributed by atoms with Crippen molar-refractivity contribution in [1.29, 1.82) is 10.5 Å². The second kappa shape index (κ2) is 7.82. The van der Waals surface area contributed by atoms with Gasteiger partial charge in [0.1, 0.15) is 18.0 Å². The molecule has 5 nitrogen and oxygen atoms in total. The molecule has 0 atom stereocenters. The van der Waals surface area contributed by atoms with Crippen LogP contribution in [0.3, 0.4) is 0 Å². The van der Waals surface area contributed by atoms with E-state index >= 15 is 0 Å². The largest absolute Gasteiger partial charge is 0.379 e. The molecule has 1 aromatic carbocycles. The molecule has 2 rings (SSSR count). The van der Waals surface area contributed by atoms with Crippen molar-refractivity contribution in [2.75, 3.05) is 23.3 Å². The lowest BCUT2D eigenvalue weighted by atomic mass is 10.1. The summed E-state index contributed by atoms with van der Waals surface area (Å²) in [7, 11) is 0. The molecule has 0 spiro atoms. The van der Waals surface area contributed by atoms with E-state index in [0.717, 1.165) is 24.5 Å². The van der Waals surface area contributed by atoms with E-state index in [4.69, 9.17) is 0 Å². The van der Waals surface area contributed by atoms with E-state index in [1.807, 2.05) is 18.3 Å². The Bertz CT molecular complexity index is 701. The van der Waals surface area contributed by atoms with E-state index in [9.17, 15) is 10.5 Å². The van der Waals surface area contributed by atoms with Gasteiger partial charge in [-0.25, -0.2) is 4.98 Å². The first-order chi connectivity index (χ1) is 11.2. The molecule has 0 aliphatic heterocycles. The summed E-state index contributed by atoms with van der Waals surface area (Å²) in [5.74, 6) is 0.953. The average molecular weight is 305 g/mol. The zero-order valence-corrected chi connectivity index (χ0v) is 13.4. The predicted octanol–water partition coefficient (Wildman–Crippen LogP) is 3.28. The second-order valence-electron chi connectivity index (χ2n) is 5.00. The lowest BCUT2D eigenvalue weighted by molar-refractivity contribution is 0.844. The van der Waals surface area contributed by atoms with Gasteiger partial charge in [0.2, 0.25) is 0 Å². The van der Waals surface area contributed by atoms with E-state index in [1.165, 1.54) is 0 Å². The molecule has 1 N–H and O–H groups in total. The summed E-state index contributed by atoms with van der Waals surface area (Å²) in [4.78, 5) is 6.65. The smallest absolute Gasteiger partial charge is 0.128 e. The number of para-hydroxylation sites is 1. The van der Waals surface area contributed by atoms with E-state index in [-0.39, 0.29) is 0 Å². The quantitative estimate of drug-likeness (QED) is 0.886. The van der Waals surface area contributed by atoms with Crippen molar-refractivity contribution < 1.29 is 0 Å². The van der Waals surface area contributed by atoms with Crippen molar-refractivity contribution in [2.24, 2.45) is 0 Å². The third-order valence-corrected chi connectivity index (χ3v) is 3.67. The van der Waals surface area contributed by atoms with Gasteiger partial charge in [-0.15, -0.1) is 0 Å². The summed E-state index contributed by atoms with van der Waals surface area (Å²) in [6.07, 6.45) is 1.82. The Morgan fingerprint density at radius 1 is 1.04 bits per heavy atom. The molecule has 0 radical (unpaired) electrons. The standard InChI is InChI=1S/C18H19N5/c1-3-23(4-2)17-9-8-14(12-21-17)13-22-18-15(10-19)6-5-7-16(18)11-20/h5-9,12,22H,3-4,13H2,1-2H3. The zero-order chi connectivity index (χ0) is 16.7. The van der Waals surface area contributed by atoms with Crippen LogP contribution >= 0.6 is 0 Å². The van der Waals surface area contributed by atoms with Gasteiger partial charge in [0, 0.05) is 25.8 Å². The molecule has 0 saturated carbocycles. The molecule has 0 bridgehead atoms. The van der Waals surface area contributed by atoms with Crippen LogP contribution in [0, 0.1) is 22.7 Å². The van der Waals surface area contributed by atoms with Gasteiger partial charge in [0.05, 0.1) is 16.8 Å². The minimum absolute atomic E-state index is 0.469. The lowest BCUT2D eigenvalue weighted by Crippen LogP contribution is -2.22. The summed E-state index contributed by atoms with van der Waals surface area (Å²) >= 11 is 0. The third-order valence-electron chi connectivity index (χ3n) is 3.67. The Hall–Kier alpha value is -3.05. The fourth-order valence-corrected chi connectivity index (χ4v) is 2.38. The number of nitrogens with zero attached hydrogens (tertiary/aromatic N) is 4. The molecule has 0 amide bonds. The van der Waals surface area contributed by atoms with Gasteiger partial charge in [-0.3, -0.25) is 0 Å². The number of rotatable bonds is 6. The Balaban J connectivity index is 2.13. The van der Waals surface area contributed by atoms with Crippen LogP contribution in [-0.2, 0) is 6.54 Å². The Labute approximate surface area is 136 Å². The van der Waals surface area contributed by atoms with Crippen molar-refractivity contribution in [3.63, 3.8) is 0 Å². The van der Waals surface area contributed by atoms with Gasteiger partial charge in [-0.2, -0.15) is 10.5 Å². The van der Waals surface area contributed by atoms with Crippen LogP contribution in [0.4, 0.5) is 11.5 Å². The maximum Gasteiger partial charge on any atom is 0.128 e. The first kappa shape index (κ1) is 16.3. The first-order valence-electron chi connectivity index (χ1n) is 7.60. The van der Waals surface area contributed by atoms with E-state index in [1.54, 1.807) is 18.2 Å². The molecule has 0 unspecified atom stereocenters. The number of pyridine rings is 1. The number of anilines is 2. The minimum atomic E-state index is 0.469. The highest BCUT2D eigenvalue weighted by Gasteiger charge is 2.08. The van der Waals surface area contributed by atoms with Crippen LogP contribution in [0.5, 0.6) is 0 Å². The molecule has 116 valence electrons. The minimum Gasteiger partial charge on any atom is -0.379 e. The fourth-order valence-electron chi connectivity index (χ4n) is 2.38. The molecule has 2 aromatic rings. The van der Waals surface area contributed by atoms with Crippen molar-refractivity contribution in [1.82, 2.24) is 4.98 Å². The molecule has 1 heterocycles. The van der Waals surface area contributed by atoms with Crippen LogP contribution < -0.4 is 10.2 Å².